The average molecular weight is 396 g/mol. The predicted octanol–water partition coefficient (Wildman–Crippen LogP) is 1.59. The SMILES string of the molecule is Cc1nc(N2CCOCC2)nc2c1CCN(C(=O)c1ccc3c(c1)OCO3)CC2. The van der Waals surface area contributed by atoms with Crippen LogP contribution >= 0.6 is 0 Å². The Hall–Kier alpha value is -2.87. The Morgan fingerprint density at radius 1 is 1.00 bits per heavy atom. The van der Waals surface area contributed by atoms with Gasteiger partial charge < -0.3 is 24.0 Å². The summed E-state index contributed by atoms with van der Waals surface area (Å²) in [5.74, 6) is 2.10. The number of hydrogen-bond acceptors (Lipinski definition) is 7. The molecule has 0 N–H and O–H groups in total. The summed E-state index contributed by atoms with van der Waals surface area (Å²) in [4.78, 5) is 26.7. The van der Waals surface area contributed by atoms with E-state index < -0.39 is 0 Å². The van der Waals surface area contributed by atoms with Crippen LogP contribution in [0, 0.1) is 6.92 Å². The number of carbonyl (C=O) groups is 1. The fourth-order valence-electron chi connectivity index (χ4n) is 4.09. The molecule has 152 valence electrons. The molecule has 3 aliphatic heterocycles. The second-order valence-electron chi connectivity index (χ2n) is 7.49. The van der Waals surface area contributed by atoms with Gasteiger partial charge in [0, 0.05) is 43.9 Å². The molecule has 0 unspecified atom stereocenters. The first kappa shape index (κ1) is 18.2. The Bertz CT molecular complexity index is 943. The number of morpholine rings is 1. The van der Waals surface area contributed by atoms with E-state index in [2.05, 4.69) is 4.90 Å². The summed E-state index contributed by atoms with van der Waals surface area (Å²) in [5, 5.41) is 0. The second kappa shape index (κ2) is 7.51. The largest absolute Gasteiger partial charge is 0.454 e. The summed E-state index contributed by atoms with van der Waals surface area (Å²) in [7, 11) is 0. The topological polar surface area (TPSA) is 77.0 Å². The van der Waals surface area contributed by atoms with E-state index in [1.807, 2.05) is 11.8 Å². The minimum absolute atomic E-state index is 0.00937. The van der Waals surface area contributed by atoms with Crippen molar-refractivity contribution in [3.8, 4) is 11.5 Å². The lowest BCUT2D eigenvalue weighted by Crippen LogP contribution is -2.37. The number of nitrogens with zero attached hydrogens (tertiary/aromatic N) is 4. The quantitative estimate of drug-likeness (QED) is 0.763. The number of rotatable bonds is 2. The molecule has 1 aromatic heterocycles. The van der Waals surface area contributed by atoms with Gasteiger partial charge in [0.15, 0.2) is 11.5 Å². The van der Waals surface area contributed by atoms with E-state index in [1.165, 1.54) is 5.56 Å². The zero-order chi connectivity index (χ0) is 19.8. The van der Waals surface area contributed by atoms with Crippen molar-refractivity contribution >= 4 is 11.9 Å². The molecule has 1 aromatic carbocycles. The maximum absolute atomic E-state index is 13.1. The molecule has 0 atom stereocenters. The smallest absolute Gasteiger partial charge is 0.254 e. The second-order valence-corrected chi connectivity index (χ2v) is 7.49. The van der Waals surface area contributed by atoms with Gasteiger partial charge in [0.1, 0.15) is 0 Å². The first-order chi connectivity index (χ1) is 14.2. The van der Waals surface area contributed by atoms with Crippen LogP contribution in [0.15, 0.2) is 18.2 Å². The highest BCUT2D eigenvalue weighted by molar-refractivity contribution is 5.95. The summed E-state index contributed by atoms with van der Waals surface area (Å²) < 4.78 is 16.2. The van der Waals surface area contributed by atoms with Crippen LogP contribution in [0.3, 0.4) is 0 Å². The Morgan fingerprint density at radius 2 is 1.79 bits per heavy atom. The van der Waals surface area contributed by atoms with Crippen LogP contribution in [0.25, 0.3) is 0 Å². The van der Waals surface area contributed by atoms with Gasteiger partial charge in [-0.25, -0.2) is 9.97 Å². The Balaban J connectivity index is 1.34. The van der Waals surface area contributed by atoms with Crippen LogP contribution in [0.4, 0.5) is 5.95 Å². The summed E-state index contributed by atoms with van der Waals surface area (Å²) in [6.07, 6.45) is 1.49. The van der Waals surface area contributed by atoms with Crippen molar-refractivity contribution in [3.05, 3.63) is 40.7 Å². The Morgan fingerprint density at radius 3 is 2.66 bits per heavy atom. The van der Waals surface area contributed by atoms with Gasteiger partial charge in [-0.1, -0.05) is 0 Å². The van der Waals surface area contributed by atoms with Crippen LogP contribution in [-0.2, 0) is 17.6 Å². The minimum atomic E-state index is 0.00937. The molecular weight excluding hydrogens is 372 g/mol. The number of hydrogen-bond donors (Lipinski definition) is 0. The normalized spacial score (nSPS) is 18.4. The maximum Gasteiger partial charge on any atom is 0.254 e. The van der Waals surface area contributed by atoms with Crippen molar-refractivity contribution in [2.24, 2.45) is 0 Å². The van der Waals surface area contributed by atoms with E-state index >= 15 is 0 Å². The number of benzene rings is 1. The van der Waals surface area contributed by atoms with Crippen molar-refractivity contribution in [2.45, 2.75) is 19.8 Å². The molecule has 2 aromatic rings. The number of aryl methyl sites for hydroxylation is 1. The van der Waals surface area contributed by atoms with E-state index in [4.69, 9.17) is 24.2 Å². The van der Waals surface area contributed by atoms with Crippen molar-refractivity contribution in [1.82, 2.24) is 14.9 Å². The lowest BCUT2D eigenvalue weighted by atomic mass is 10.1. The van der Waals surface area contributed by atoms with Crippen molar-refractivity contribution < 1.29 is 19.0 Å². The van der Waals surface area contributed by atoms with Gasteiger partial charge in [0.2, 0.25) is 12.7 Å². The highest BCUT2D eigenvalue weighted by Gasteiger charge is 2.25. The van der Waals surface area contributed by atoms with Gasteiger partial charge in [-0.2, -0.15) is 0 Å². The third-order valence-corrected chi connectivity index (χ3v) is 5.74. The van der Waals surface area contributed by atoms with Crippen LogP contribution in [0.1, 0.15) is 27.3 Å². The molecule has 0 radical (unpaired) electrons. The van der Waals surface area contributed by atoms with Gasteiger partial charge >= 0.3 is 0 Å². The van der Waals surface area contributed by atoms with Crippen LogP contribution in [-0.4, -0.2) is 67.0 Å². The van der Waals surface area contributed by atoms with Gasteiger partial charge in [-0.3, -0.25) is 4.79 Å². The first-order valence-corrected chi connectivity index (χ1v) is 10.1. The minimum Gasteiger partial charge on any atom is -0.454 e. The maximum atomic E-state index is 13.1. The molecule has 5 rings (SSSR count). The van der Waals surface area contributed by atoms with Crippen molar-refractivity contribution in [3.63, 3.8) is 0 Å². The number of ether oxygens (including phenoxy) is 3. The van der Waals surface area contributed by atoms with Crippen LogP contribution in [0.5, 0.6) is 11.5 Å². The number of amides is 1. The summed E-state index contributed by atoms with van der Waals surface area (Å²) in [6.45, 7) is 6.57. The molecular formula is C21H24N4O4. The number of aromatic nitrogens is 2. The zero-order valence-corrected chi connectivity index (χ0v) is 16.5. The van der Waals surface area contributed by atoms with Crippen molar-refractivity contribution in [2.75, 3.05) is 51.1 Å². The fraction of sp³-hybridized carbons (Fsp3) is 0.476. The van der Waals surface area contributed by atoms with Crippen LogP contribution in [0.2, 0.25) is 0 Å². The number of anilines is 1. The molecule has 1 fully saturated rings. The highest BCUT2D eigenvalue weighted by Crippen LogP contribution is 2.33. The first-order valence-electron chi connectivity index (χ1n) is 10.1. The third kappa shape index (κ3) is 3.48. The molecule has 8 heteroatoms. The predicted molar refractivity (Wildman–Crippen MR) is 106 cm³/mol. The molecule has 1 amide bonds. The summed E-state index contributed by atoms with van der Waals surface area (Å²) >= 11 is 0. The van der Waals surface area contributed by atoms with E-state index in [9.17, 15) is 4.79 Å². The van der Waals surface area contributed by atoms with Gasteiger partial charge in [-0.05, 0) is 37.1 Å². The van der Waals surface area contributed by atoms with Gasteiger partial charge in [0.05, 0.1) is 18.9 Å². The molecule has 29 heavy (non-hydrogen) atoms. The molecule has 0 bridgehead atoms. The Kier molecular flexibility index (Phi) is 4.71. The molecule has 8 nitrogen and oxygen atoms in total. The van der Waals surface area contributed by atoms with E-state index in [1.54, 1.807) is 18.2 Å². The lowest BCUT2D eigenvalue weighted by molar-refractivity contribution is 0.0762. The molecule has 1 saturated heterocycles. The van der Waals surface area contributed by atoms with E-state index in [0.29, 0.717) is 43.4 Å². The lowest BCUT2D eigenvalue weighted by Gasteiger charge is -2.27. The summed E-state index contributed by atoms with van der Waals surface area (Å²) in [6, 6.07) is 5.37. The average Bonchev–Trinajstić information content (AvgIpc) is 3.12. The molecule has 0 aliphatic carbocycles. The van der Waals surface area contributed by atoms with Crippen molar-refractivity contribution in [1.29, 1.82) is 0 Å². The fourth-order valence-corrected chi connectivity index (χ4v) is 4.09. The molecule has 0 spiro atoms. The molecule has 0 saturated carbocycles. The van der Waals surface area contributed by atoms with Gasteiger partial charge in [0.25, 0.3) is 5.91 Å². The highest BCUT2D eigenvalue weighted by atomic mass is 16.7. The summed E-state index contributed by atoms with van der Waals surface area (Å²) in [5.41, 5.74) is 3.86. The van der Waals surface area contributed by atoms with E-state index in [-0.39, 0.29) is 12.7 Å². The molecule has 3 aliphatic rings. The number of carbonyl (C=O) groups excluding carboxylic acids is 1. The number of fused-ring (bicyclic) bond motifs is 2. The molecule has 4 heterocycles. The zero-order valence-electron chi connectivity index (χ0n) is 16.5. The van der Waals surface area contributed by atoms with E-state index in [0.717, 1.165) is 43.3 Å². The van der Waals surface area contributed by atoms with Gasteiger partial charge in [-0.15, -0.1) is 0 Å². The Labute approximate surface area is 169 Å². The monoisotopic (exact) mass is 396 g/mol. The third-order valence-electron chi connectivity index (χ3n) is 5.74. The standard InChI is InChI=1S/C21H24N4O4/c1-14-16-4-6-24(20(26)15-2-3-18-19(12-15)29-13-28-18)7-5-17(16)23-21(22-14)25-8-10-27-11-9-25/h2-3,12H,4-11,13H2,1H3. The van der Waals surface area contributed by atoms with Crippen LogP contribution < -0.4 is 14.4 Å².